The molecule has 0 saturated heterocycles. The highest BCUT2D eigenvalue weighted by molar-refractivity contribution is 14.1. The van der Waals surface area contributed by atoms with Crippen LogP contribution in [-0.2, 0) is 6.61 Å². The van der Waals surface area contributed by atoms with Crippen molar-refractivity contribution in [2.75, 3.05) is 6.54 Å². The molecule has 0 atom stereocenters. The van der Waals surface area contributed by atoms with E-state index in [1.54, 1.807) is 12.1 Å². The maximum Gasteiger partial charge on any atom is 0.286 e. The molecule has 0 spiro atoms. The van der Waals surface area contributed by atoms with Crippen LogP contribution in [-0.4, -0.2) is 12.5 Å². The number of rotatable bonds is 7. The molecule has 0 saturated carbocycles. The number of hydrogen-bond donors (Lipinski definition) is 1. The third-order valence-electron chi connectivity index (χ3n) is 2.90. The maximum atomic E-state index is 11.8. The molecule has 1 N–H and O–H groups in total. The van der Waals surface area contributed by atoms with Gasteiger partial charge >= 0.3 is 0 Å². The molecule has 0 bridgehead atoms. The number of benzene rings is 1. The van der Waals surface area contributed by atoms with E-state index in [4.69, 9.17) is 9.15 Å². The zero-order valence-electron chi connectivity index (χ0n) is 11.9. The number of hydrogen-bond acceptors (Lipinski definition) is 3. The smallest absolute Gasteiger partial charge is 0.286 e. The van der Waals surface area contributed by atoms with Gasteiger partial charge in [0.15, 0.2) is 5.76 Å². The highest BCUT2D eigenvalue weighted by atomic mass is 127. The fraction of sp³-hybridized carbons (Fsp3) is 0.312. The van der Waals surface area contributed by atoms with Gasteiger partial charge in [-0.25, -0.2) is 0 Å². The van der Waals surface area contributed by atoms with Crippen molar-refractivity contribution in [3.63, 3.8) is 0 Å². The zero-order valence-corrected chi connectivity index (χ0v) is 14.1. The molecule has 5 heteroatoms. The molecule has 2 rings (SSSR count). The fourth-order valence-corrected chi connectivity index (χ4v) is 2.09. The summed E-state index contributed by atoms with van der Waals surface area (Å²) < 4.78 is 12.2. The minimum absolute atomic E-state index is 0.177. The van der Waals surface area contributed by atoms with E-state index in [0.717, 1.165) is 22.2 Å². The lowest BCUT2D eigenvalue weighted by atomic mass is 10.3. The van der Waals surface area contributed by atoms with Crippen LogP contribution in [0.2, 0.25) is 0 Å². The second-order valence-electron chi connectivity index (χ2n) is 4.62. The van der Waals surface area contributed by atoms with Gasteiger partial charge in [0, 0.05) is 10.1 Å². The Bertz CT molecular complexity index is 577. The van der Waals surface area contributed by atoms with Crippen LogP contribution in [0.3, 0.4) is 0 Å². The van der Waals surface area contributed by atoms with Crippen molar-refractivity contribution < 1.29 is 13.9 Å². The molecule has 0 unspecified atom stereocenters. The first-order valence-corrected chi connectivity index (χ1v) is 8.02. The SMILES string of the molecule is CCCCNC(=O)c1ccc(COc2ccc(I)cc2)o1. The summed E-state index contributed by atoms with van der Waals surface area (Å²) in [7, 11) is 0. The monoisotopic (exact) mass is 399 g/mol. The van der Waals surface area contributed by atoms with Crippen LogP contribution in [0, 0.1) is 3.57 Å². The van der Waals surface area contributed by atoms with Crippen molar-refractivity contribution in [2.45, 2.75) is 26.4 Å². The summed E-state index contributed by atoms with van der Waals surface area (Å²) in [6.07, 6.45) is 2.02. The van der Waals surface area contributed by atoms with E-state index in [2.05, 4.69) is 34.8 Å². The third-order valence-corrected chi connectivity index (χ3v) is 3.62. The van der Waals surface area contributed by atoms with Crippen molar-refractivity contribution >= 4 is 28.5 Å². The van der Waals surface area contributed by atoms with Crippen molar-refractivity contribution in [3.8, 4) is 5.75 Å². The fourth-order valence-electron chi connectivity index (χ4n) is 1.73. The Hall–Kier alpha value is -1.50. The number of carbonyl (C=O) groups is 1. The summed E-state index contributed by atoms with van der Waals surface area (Å²) in [6, 6.07) is 11.2. The summed E-state index contributed by atoms with van der Waals surface area (Å²) in [4.78, 5) is 11.8. The molecule has 1 heterocycles. The molecule has 2 aromatic rings. The van der Waals surface area contributed by atoms with Crippen LogP contribution in [0.15, 0.2) is 40.8 Å². The molecule has 1 amide bonds. The van der Waals surface area contributed by atoms with Gasteiger partial charge in [-0.15, -0.1) is 0 Å². The molecule has 1 aromatic carbocycles. The van der Waals surface area contributed by atoms with Crippen LogP contribution in [0.4, 0.5) is 0 Å². The number of halogens is 1. The number of carbonyl (C=O) groups excluding carboxylic acids is 1. The molecule has 4 nitrogen and oxygen atoms in total. The first-order chi connectivity index (χ1) is 10.2. The predicted molar refractivity (Wildman–Crippen MR) is 89.4 cm³/mol. The van der Waals surface area contributed by atoms with Crippen LogP contribution in [0.25, 0.3) is 0 Å². The lowest BCUT2D eigenvalue weighted by Gasteiger charge is -2.04. The molecular weight excluding hydrogens is 381 g/mol. The molecule has 0 aliphatic heterocycles. The van der Waals surface area contributed by atoms with Gasteiger partial charge in [0.05, 0.1) is 0 Å². The summed E-state index contributed by atoms with van der Waals surface area (Å²) in [6.45, 7) is 3.06. The lowest BCUT2D eigenvalue weighted by Crippen LogP contribution is -2.23. The summed E-state index contributed by atoms with van der Waals surface area (Å²) in [5.74, 6) is 1.56. The molecule has 112 valence electrons. The number of furan rings is 1. The highest BCUT2D eigenvalue weighted by Gasteiger charge is 2.10. The average Bonchev–Trinajstić information content (AvgIpc) is 2.96. The first kappa shape index (κ1) is 15.9. The molecule has 0 radical (unpaired) electrons. The van der Waals surface area contributed by atoms with Gasteiger partial charge in [-0.1, -0.05) is 13.3 Å². The normalized spacial score (nSPS) is 10.4. The van der Waals surface area contributed by atoms with E-state index in [0.29, 0.717) is 24.7 Å². The second kappa shape index (κ2) is 8.07. The standard InChI is InChI=1S/C16H18INO3/c1-2-3-10-18-16(19)15-9-8-14(21-15)11-20-13-6-4-12(17)5-7-13/h4-9H,2-3,10-11H2,1H3,(H,18,19). The average molecular weight is 399 g/mol. The van der Waals surface area contributed by atoms with Crippen LogP contribution in [0.5, 0.6) is 5.75 Å². The molecule has 0 fully saturated rings. The van der Waals surface area contributed by atoms with Crippen LogP contribution < -0.4 is 10.1 Å². The molecule has 0 aliphatic rings. The Kier molecular flexibility index (Phi) is 6.10. The van der Waals surface area contributed by atoms with Gasteiger partial charge in [0.2, 0.25) is 0 Å². The third kappa shape index (κ3) is 5.08. The van der Waals surface area contributed by atoms with E-state index >= 15 is 0 Å². The summed E-state index contributed by atoms with van der Waals surface area (Å²) >= 11 is 2.24. The van der Waals surface area contributed by atoms with Gasteiger partial charge in [0.1, 0.15) is 18.1 Å². The number of ether oxygens (including phenoxy) is 1. The zero-order chi connectivity index (χ0) is 15.1. The largest absolute Gasteiger partial charge is 0.486 e. The van der Waals surface area contributed by atoms with Crippen molar-refractivity contribution in [1.82, 2.24) is 5.32 Å². The Morgan fingerprint density at radius 1 is 1.24 bits per heavy atom. The summed E-state index contributed by atoms with van der Waals surface area (Å²) in [5, 5.41) is 2.82. The van der Waals surface area contributed by atoms with Crippen LogP contribution in [0.1, 0.15) is 36.1 Å². The molecule has 21 heavy (non-hydrogen) atoms. The van der Waals surface area contributed by atoms with Crippen molar-refractivity contribution in [1.29, 1.82) is 0 Å². The Balaban J connectivity index is 1.85. The quantitative estimate of drug-likeness (QED) is 0.566. The van der Waals surface area contributed by atoms with Gasteiger partial charge in [-0.3, -0.25) is 4.79 Å². The van der Waals surface area contributed by atoms with E-state index in [-0.39, 0.29) is 5.91 Å². The predicted octanol–water partition coefficient (Wildman–Crippen LogP) is 3.99. The Morgan fingerprint density at radius 3 is 2.71 bits per heavy atom. The van der Waals surface area contributed by atoms with E-state index < -0.39 is 0 Å². The lowest BCUT2D eigenvalue weighted by molar-refractivity contribution is 0.0921. The van der Waals surface area contributed by atoms with Crippen molar-refractivity contribution in [3.05, 3.63) is 51.5 Å². The minimum Gasteiger partial charge on any atom is -0.486 e. The Morgan fingerprint density at radius 2 is 2.00 bits per heavy atom. The molecule has 1 aromatic heterocycles. The van der Waals surface area contributed by atoms with E-state index in [9.17, 15) is 4.79 Å². The topological polar surface area (TPSA) is 51.5 Å². The molecular formula is C16H18INO3. The number of nitrogens with one attached hydrogen (secondary N) is 1. The summed E-state index contributed by atoms with van der Waals surface area (Å²) in [5.41, 5.74) is 0. The Labute approximate surface area is 138 Å². The second-order valence-corrected chi connectivity index (χ2v) is 5.86. The van der Waals surface area contributed by atoms with Gasteiger partial charge in [-0.2, -0.15) is 0 Å². The minimum atomic E-state index is -0.177. The van der Waals surface area contributed by atoms with Crippen LogP contribution >= 0.6 is 22.6 Å². The molecule has 0 aliphatic carbocycles. The number of amides is 1. The first-order valence-electron chi connectivity index (χ1n) is 6.94. The van der Waals surface area contributed by atoms with E-state index in [1.165, 1.54) is 0 Å². The van der Waals surface area contributed by atoms with Gasteiger partial charge in [-0.05, 0) is 65.4 Å². The van der Waals surface area contributed by atoms with Gasteiger partial charge in [0.25, 0.3) is 5.91 Å². The number of unbranched alkanes of at least 4 members (excludes halogenated alkanes) is 1. The maximum absolute atomic E-state index is 11.8. The van der Waals surface area contributed by atoms with Gasteiger partial charge < -0.3 is 14.5 Å². The van der Waals surface area contributed by atoms with E-state index in [1.807, 2.05) is 24.3 Å². The highest BCUT2D eigenvalue weighted by Crippen LogP contribution is 2.16. The van der Waals surface area contributed by atoms with Crippen molar-refractivity contribution in [2.24, 2.45) is 0 Å².